The number of alkyl carbamates (subject to hydrolysis) is 1. The Labute approximate surface area is 136 Å². The lowest BCUT2D eigenvalue weighted by Gasteiger charge is -2.28. The molecule has 2 N–H and O–H groups in total. The van der Waals surface area contributed by atoms with Gasteiger partial charge in [-0.25, -0.2) is 9.59 Å². The second kappa shape index (κ2) is 7.50. The first kappa shape index (κ1) is 19.0. The molecule has 0 saturated heterocycles. The number of hydrogen-bond donors (Lipinski definition) is 2. The van der Waals surface area contributed by atoms with Gasteiger partial charge in [-0.1, -0.05) is 0 Å². The molecule has 7 nitrogen and oxygen atoms in total. The van der Waals surface area contributed by atoms with Crippen LogP contribution in [0.15, 0.2) is 16.7 Å². The van der Waals surface area contributed by atoms with Crippen LogP contribution in [0.4, 0.5) is 4.79 Å². The largest absolute Gasteiger partial charge is 0.463 e. The van der Waals surface area contributed by atoms with Crippen LogP contribution in [0, 0.1) is 0 Å². The maximum absolute atomic E-state index is 11.8. The molecule has 1 rings (SSSR count). The zero-order valence-corrected chi connectivity index (χ0v) is 14.6. The summed E-state index contributed by atoms with van der Waals surface area (Å²) in [7, 11) is 1.30. The molecule has 0 aromatic carbocycles. The molecular formula is C16H26N2O5. The van der Waals surface area contributed by atoms with Gasteiger partial charge in [-0.05, 0) is 40.7 Å². The van der Waals surface area contributed by atoms with E-state index in [2.05, 4.69) is 15.4 Å². The van der Waals surface area contributed by atoms with Crippen molar-refractivity contribution in [1.82, 2.24) is 10.6 Å². The van der Waals surface area contributed by atoms with Crippen LogP contribution in [-0.2, 0) is 16.0 Å². The molecule has 1 amide bonds. The summed E-state index contributed by atoms with van der Waals surface area (Å²) in [6, 6.07) is 1.70. The Kier molecular flexibility index (Phi) is 6.20. The van der Waals surface area contributed by atoms with E-state index >= 15 is 0 Å². The standard InChI is InChI=1S/C16H26N2O5/c1-15(2,3)23-14(20)18-16(4,5)10-17-9-11-7-8-22-12(11)13(19)21-6/h7-8,17H,9-10H2,1-6H3,(H,18,20). The zero-order chi connectivity index (χ0) is 17.7. The molecule has 0 radical (unpaired) electrons. The van der Waals surface area contributed by atoms with Gasteiger partial charge in [0.1, 0.15) is 5.60 Å². The van der Waals surface area contributed by atoms with Crippen molar-refractivity contribution >= 4 is 12.1 Å². The molecule has 23 heavy (non-hydrogen) atoms. The smallest absolute Gasteiger partial charge is 0.408 e. The van der Waals surface area contributed by atoms with Crippen LogP contribution in [-0.4, -0.2) is 36.9 Å². The predicted octanol–water partition coefficient (Wildman–Crippen LogP) is 2.46. The normalized spacial score (nSPS) is 11.9. The number of furan rings is 1. The summed E-state index contributed by atoms with van der Waals surface area (Å²) in [5.41, 5.74) is -0.359. The first-order chi connectivity index (χ1) is 10.5. The van der Waals surface area contributed by atoms with E-state index in [1.54, 1.807) is 6.07 Å². The first-order valence-corrected chi connectivity index (χ1v) is 7.40. The number of nitrogens with one attached hydrogen (secondary N) is 2. The highest BCUT2D eigenvalue weighted by molar-refractivity contribution is 5.87. The van der Waals surface area contributed by atoms with Crippen LogP contribution in [0.1, 0.15) is 50.7 Å². The molecule has 1 aromatic heterocycles. The number of rotatable bonds is 6. The third-order valence-electron chi connectivity index (χ3n) is 2.84. The lowest BCUT2D eigenvalue weighted by molar-refractivity contribution is 0.0471. The molecule has 0 unspecified atom stereocenters. The van der Waals surface area contributed by atoms with Crippen LogP contribution >= 0.6 is 0 Å². The van der Waals surface area contributed by atoms with Crippen molar-refractivity contribution in [2.75, 3.05) is 13.7 Å². The van der Waals surface area contributed by atoms with Crippen molar-refractivity contribution in [1.29, 1.82) is 0 Å². The summed E-state index contributed by atoms with van der Waals surface area (Å²) < 4.78 is 15.0. The van der Waals surface area contributed by atoms with Crippen molar-refractivity contribution in [3.8, 4) is 0 Å². The molecular weight excluding hydrogens is 300 g/mol. The minimum Gasteiger partial charge on any atom is -0.463 e. The second-order valence-corrected chi connectivity index (χ2v) is 6.88. The number of hydrogen-bond acceptors (Lipinski definition) is 6. The highest BCUT2D eigenvalue weighted by atomic mass is 16.6. The summed E-state index contributed by atoms with van der Waals surface area (Å²) in [4.78, 5) is 23.3. The van der Waals surface area contributed by atoms with Crippen molar-refractivity contribution in [2.24, 2.45) is 0 Å². The summed E-state index contributed by atoms with van der Waals surface area (Å²) in [6.07, 6.45) is 0.968. The number of amides is 1. The van der Waals surface area contributed by atoms with Gasteiger partial charge in [-0.15, -0.1) is 0 Å². The molecule has 0 fully saturated rings. The van der Waals surface area contributed by atoms with E-state index in [1.807, 2.05) is 34.6 Å². The lowest BCUT2D eigenvalue weighted by Crippen LogP contribution is -2.51. The highest BCUT2D eigenvalue weighted by Crippen LogP contribution is 2.12. The van der Waals surface area contributed by atoms with Crippen molar-refractivity contribution in [3.63, 3.8) is 0 Å². The maximum atomic E-state index is 11.8. The van der Waals surface area contributed by atoms with Crippen molar-refractivity contribution < 1.29 is 23.5 Å². The van der Waals surface area contributed by atoms with Crippen LogP contribution in [0.5, 0.6) is 0 Å². The van der Waals surface area contributed by atoms with Gasteiger partial charge in [-0.3, -0.25) is 0 Å². The molecule has 0 bridgehead atoms. The maximum Gasteiger partial charge on any atom is 0.408 e. The highest BCUT2D eigenvalue weighted by Gasteiger charge is 2.24. The predicted molar refractivity (Wildman–Crippen MR) is 85.2 cm³/mol. The summed E-state index contributed by atoms with van der Waals surface area (Å²) in [5, 5.41) is 5.98. The summed E-state index contributed by atoms with van der Waals surface area (Å²) >= 11 is 0. The molecule has 7 heteroatoms. The number of carbonyl (C=O) groups is 2. The Morgan fingerprint density at radius 1 is 1.22 bits per heavy atom. The molecule has 1 aromatic rings. The third kappa shape index (κ3) is 6.73. The van der Waals surface area contributed by atoms with Crippen LogP contribution in [0.3, 0.4) is 0 Å². The molecule has 0 aliphatic carbocycles. The van der Waals surface area contributed by atoms with Crippen LogP contribution in [0.2, 0.25) is 0 Å². The molecule has 0 spiro atoms. The number of esters is 1. The number of methoxy groups -OCH3 is 1. The van der Waals surface area contributed by atoms with Gasteiger partial charge in [0.2, 0.25) is 5.76 Å². The van der Waals surface area contributed by atoms with Gasteiger partial charge in [-0.2, -0.15) is 0 Å². The van der Waals surface area contributed by atoms with E-state index in [0.29, 0.717) is 18.7 Å². The van der Waals surface area contributed by atoms with Crippen LogP contribution in [0.25, 0.3) is 0 Å². The monoisotopic (exact) mass is 326 g/mol. The van der Waals surface area contributed by atoms with E-state index in [-0.39, 0.29) is 5.76 Å². The van der Waals surface area contributed by atoms with E-state index in [0.717, 1.165) is 0 Å². The minimum atomic E-state index is -0.542. The Bertz CT molecular complexity index is 543. The average molecular weight is 326 g/mol. The summed E-state index contributed by atoms with van der Waals surface area (Å²) in [6.45, 7) is 10.1. The topological polar surface area (TPSA) is 89.8 Å². The summed E-state index contributed by atoms with van der Waals surface area (Å²) in [5.74, 6) is -0.337. The van der Waals surface area contributed by atoms with E-state index in [9.17, 15) is 9.59 Å². The van der Waals surface area contributed by atoms with E-state index < -0.39 is 23.2 Å². The fraction of sp³-hybridized carbons (Fsp3) is 0.625. The zero-order valence-electron chi connectivity index (χ0n) is 14.6. The number of ether oxygens (including phenoxy) is 2. The quantitative estimate of drug-likeness (QED) is 0.781. The van der Waals surface area contributed by atoms with Gasteiger partial charge in [0.25, 0.3) is 0 Å². The van der Waals surface area contributed by atoms with Gasteiger partial charge < -0.3 is 24.5 Å². The molecule has 0 saturated carbocycles. The van der Waals surface area contributed by atoms with Gasteiger partial charge >= 0.3 is 12.1 Å². The fourth-order valence-electron chi connectivity index (χ4n) is 1.88. The molecule has 0 atom stereocenters. The van der Waals surface area contributed by atoms with E-state index in [4.69, 9.17) is 9.15 Å². The molecule has 1 heterocycles. The van der Waals surface area contributed by atoms with E-state index in [1.165, 1.54) is 13.4 Å². The average Bonchev–Trinajstić information content (AvgIpc) is 2.82. The first-order valence-electron chi connectivity index (χ1n) is 7.40. The second-order valence-electron chi connectivity index (χ2n) is 6.88. The van der Waals surface area contributed by atoms with Gasteiger partial charge in [0, 0.05) is 18.7 Å². The van der Waals surface area contributed by atoms with Crippen molar-refractivity contribution in [3.05, 3.63) is 23.7 Å². The SMILES string of the molecule is COC(=O)c1occc1CNCC(C)(C)NC(=O)OC(C)(C)C. The van der Waals surface area contributed by atoms with Gasteiger partial charge in [0.05, 0.1) is 18.9 Å². The third-order valence-corrected chi connectivity index (χ3v) is 2.84. The lowest BCUT2D eigenvalue weighted by atomic mass is 10.1. The van der Waals surface area contributed by atoms with Crippen LogP contribution < -0.4 is 10.6 Å². The van der Waals surface area contributed by atoms with Crippen molar-refractivity contribution in [2.45, 2.75) is 52.3 Å². The molecule has 0 aliphatic heterocycles. The Balaban J connectivity index is 2.49. The molecule has 0 aliphatic rings. The minimum absolute atomic E-state index is 0.179. The molecule has 130 valence electrons. The Hall–Kier alpha value is -2.02. The Morgan fingerprint density at radius 2 is 1.87 bits per heavy atom. The fourth-order valence-corrected chi connectivity index (χ4v) is 1.88. The Morgan fingerprint density at radius 3 is 2.43 bits per heavy atom. The van der Waals surface area contributed by atoms with Gasteiger partial charge in [0.15, 0.2) is 0 Å². The number of carbonyl (C=O) groups excluding carboxylic acids is 2.